The quantitative estimate of drug-likeness (QED) is 0.489. The molecule has 152 valence electrons. The zero-order valence-electron chi connectivity index (χ0n) is 16.4. The molecule has 1 fully saturated rings. The second kappa shape index (κ2) is 8.71. The maximum Gasteiger partial charge on any atom is 0.198 e. The highest BCUT2D eigenvalue weighted by atomic mass is 19.1. The molecular formula is C22H24FN3O3. The van der Waals surface area contributed by atoms with E-state index in [-0.39, 0.29) is 17.1 Å². The summed E-state index contributed by atoms with van der Waals surface area (Å²) in [5, 5.41) is 0.674. The van der Waals surface area contributed by atoms with E-state index >= 15 is 4.39 Å². The van der Waals surface area contributed by atoms with E-state index in [0.717, 1.165) is 39.3 Å². The number of aryl methyl sites for hydroxylation is 1. The Kier molecular flexibility index (Phi) is 5.87. The molecule has 6 nitrogen and oxygen atoms in total. The predicted molar refractivity (Wildman–Crippen MR) is 108 cm³/mol. The molecule has 1 aromatic carbocycles. The van der Waals surface area contributed by atoms with Gasteiger partial charge in [-0.2, -0.15) is 0 Å². The summed E-state index contributed by atoms with van der Waals surface area (Å²) in [5.74, 6) is -0.878. The molecule has 0 amide bonds. The van der Waals surface area contributed by atoms with Crippen LogP contribution in [0.15, 0.2) is 36.7 Å². The number of benzene rings is 1. The van der Waals surface area contributed by atoms with E-state index in [2.05, 4.69) is 14.9 Å². The molecule has 3 heterocycles. The van der Waals surface area contributed by atoms with Crippen LogP contribution in [-0.2, 0) is 4.74 Å². The molecule has 0 bridgehead atoms. The SMILES string of the molecule is Cc1ccc(OCCCN2CCOCC2)c(F)c1C(=O)c1c[nH]c2ncccc12. The molecule has 3 aromatic rings. The van der Waals surface area contributed by atoms with Crippen molar-refractivity contribution in [3.05, 3.63) is 59.2 Å². The van der Waals surface area contributed by atoms with Crippen molar-refractivity contribution >= 4 is 16.8 Å². The number of aromatic amines is 1. The van der Waals surface area contributed by atoms with Gasteiger partial charge < -0.3 is 14.5 Å². The first-order chi connectivity index (χ1) is 14.1. The largest absolute Gasteiger partial charge is 0.490 e. The van der Waals surface area contributed by atoms with Crippen LogP contribution in [0.5, 0.6) is 5.75 Å². The number of ketones is 1. The average molecular weight is 397 g/mol. The lowest BCUT2D eigenvalue weighted by atomic mass is 9.98. The highest BCUT2D eigenvalue weighted by Crippen LogP contribution is 2.28. The second-order valence-corrected chi connectivity index (χ2v) is 7.16. The number of hydrogen-bond donors (Lipinski definition) is 1. The summed E-state index contributed by atoms with van der Waals surface area (Å²) in [6, 6.07) is 6.86. The zero-order valence-corrected chi connectivity index (χ0v) is 16.4. The van der Waals surface area contributed by atoms with Crippen LogP contribution in [-0.4, -0.2) is 60.1 Å². The average Bonchev–Trinajstić information content (AvgIpc) is 3.17. The van der Waals surface area contributed by atoms with Crippen molar-refractivity contribution in [2.45, 2.75) is 13.3 Å². The first-order valence-corrected chi connectivity index (χ1v) is 9.84. The standard InChI is InChI=1S/C22H24FN3O3/c1-15-5-6-18(29-11-3-8-26-9-12-28-13-10-26)20(23)19(15)21(27)17-14-25-22-16(17)4-2-7-24-22/h2,4-7,14H,3,8-13H2,1H3,(H,24,25). The molecule has 0 atom stereocenters. The fourth-order valence-electron chi connectivity index (χ4n) is 3.62. The molecule has 7 heteroatoms. The minimum Gasteiger partial charge on any atom is -0.490 e. The fraction of sp³-hybridized carbons (Fsp3) is 0.364. The van der Waals surface area contributed by atoms with Gasteiger partial charge in [0.15, 0.2) is 17.3 Å². The Morgan fingerprint density at radius 1 is 1.31 bits per heavy atom. The molecule has 1 saturated heterocycles. The summed E-state index contributed by atoms with van der Waals surface area (Å²) in [6.45, 7) is 6.33. The van der Waals surface area contributed by atoms with Gasteiger partial charge in [0, 0.05) is 43.0 Å². The van der Waals surface area contributed by atoms with Gasteiger partial charge in [-0.3, -0.25) is 9.69 Å². The van der Waals surface area contributed by atoms with Gasteiger partial charge in [-0.25, -0.2) is 9.37 Å². The Bertz CT molecular complexity index is 1010. The number of ether oxygens (including phenoxy) is 2. The molecule has 0 radical (unpaired) electrons. The van der Waals surface area contributed by atoms with Gasteiger partial charge in [-0.05, 0) is 37.1 Å². The monoisotopic (exact) mass is 397 g/mol. The van der Waals surface area contributed by atoms with Crippen molar-refractivity contribution in [1.82, 2.24) is 14.9 Å². The number of morpholine rings is 1. The lowest BCUT2D eigenvalue weighted by molar-refractivity contribution is 0.0357. The van der Waals surface area contributed by atoms with Gasteiger partial charge in [0.25, 0.3) is 0 Å². The minimum atomic E-state index is -0.611. The maximum atomic E-state index is 15.2. The van der Waals surface area contributed by atoms with Crippen LogP contribution < -0.4 is 4.74 Å². The summed E-state index contributed by atoms with van der Waals surface area (Å²) in [5.41, 5.74) is 1.62. The fourth-order valence-corrected chi connectivity index (χ4v) is 3.62. The van der Waals surface area contributed by atoms with Gasteiger partial charge in [-0.1, -0.05) is 6.07 Å². The molecule has 1 N–H and O–H groups in total. The smallest absolute Gasteiger partial charge is 0.198 e. The van der Waals surface area contributed by atoms with E-state index in [1.807, 2.05) is 0 Å². The number of aromatic nitrogens is 2. The van der Waals surface area contributed by atoms with Crippen molar-refractivity contribution in [1.29, 1.82) is 0 Å². The van der Waals surface area contributed by atoms with Gasteiger partial charge >= 0.3 is 0 Å². The number of nitrogens with one attached hydrogen (secondary N) is 1. The van der Waals surface area contributed by atoms with Crippen molar-refractivity contribution in [2.75, 3.05) is 39.5 Å². The molecular weight excluding hydrogens is 373 g/mol. The van der Waals surface area contributed by atoms with Crippen molar-refractivity contribution < 1.29 is 18.7 Å². The Hall–Kier alpha value is -2.77. The highest BCUT2D eigenvalue weighted by molar-refractivity contribution is 6.16. The zero-order chi connectivity index (χ0) is 20.2. The molecule has 4 rings (SSSR count). The summed E-state index contributed by atoms with van der Waals surface area (Å²) in [7, 11) is 0. The van der Waals surface area contributed by atoms with E-state index in [4.69, 9.17) is 9.47 Å². The Labute approximate surface area is 168 Å². The number of fused-ring (bicyclic) bond motifs is 1. The van der Waals surface area contributed by atoms with Crippen molar-refractivity contribution in [2.24, 2.45) is 0 Å². The number of hydrogen-bond acceptors (Lipinski definition) is 5. The molecule has 1 aliphatic heterocycles. The van der Waals surface area contributed by atoms with E-state index in [9.17, 15) is 4.79 Å². The van der Waals surface area contributed by atoms with Gasteiger partial charge in [0.1, 0.15) is 5.65 Å². The van der Waals surface area contributed by atoms with E-state index < -0.39 is 5.82 Å². The first-order valence-electron chi connectivity index (χ1n) is 9.84. The van der Waals surface area contributed by atoms with E-state index in [1.165, 1.54) is 0 Å². The summed E-state index contributed by atoms with van der Waals surface area (Å²) in [6.07, 6.45) is 4.00. The van der Waals surface area contributed by atoms with Gasteiger partial charge in [-0.15, -0.1) is 0 Å². The first kappa shape index (κ1) is 19.5. The second-order valence-electron chi connectivity index (χ2n) is 7.16. The maximum absolute atomic E-state index is 15.2. The van der Waals surface area contributed by atoms with Gasteiger partial charge in [0.2, 0.25) is 0 Å². The number of rotatable bonds is 7. The Morgan fingerprint density at radius 3 is 2.97 bits per heavy atom. The Balaban J connectivity index is 1.48. The third-order valence-electron chi connectivity index (χ3n) is 5.22. The number of pyridine rings is 1. The molecule has 1 aliphatic rings. The van der Waals surface area contributed by atoms with Crippen LogP contribution in [0.2, 0.25) is 0 Å². The lowest BCUT2D eigenvalue weighted by Crippen LogP contribution is -2.37. The summed E-state index contributed by atoms with van der Waals surface area (Å²) >= 11 is 0. The minimum absolute atomic E-state index is 0.0421. The molecule has 0 saturated carbocycles. The van der Waals surface area contributed by atoms with Crippen molar-refractivity contribution in [3.8, 4) is 5.75 Å². The number of carbonyl (C=O) groups is 1. The highest BCUT2D eigenvalue weighted by Gasteiger charge is 2.23. The third-order valence-corrected chi connectivity index (χ3v) is 5.22. The third kappa shape index (κ3) is 4.16. The van der Waals surface area contributed by atoms with E-state index in [1.54, 1.807) is 43.6 Å². The molecule has 29 heavy (non-hydrogen) atoms. The van der Waals surface area contributed by atoms with Crippen LogP contribution in [0.4, 0.5) is 4.39 Å². The number of carbonyl (C=O) groups excluding carboxylic acids is 1. The normalized spacial score (nSPS) is 15.0. The number of H-pyrrole nitrogens is 1. The number of halogens is 1. The predicted octanol–water partition coefficient (Wildman–Crippen LogP) is 3.34. The lowest BCUT2D eigenvalue weighted by Gasteiger charge is -2.26. The van der Waals surface area contributed by atoms with Gasteiger partial charge in [0.05, 0.1) is 25.4 Å². The molecule has 2 aromatic heterocycles. The van der Waals surface area contributed by atoms with Crippen LogP contribution in [0.25, 0.3) is 11.0 Å². The van der Waals surface area contributed by atoms with Crippen molar-refractivity contribution in [3.63, 3.8) is 0 Å². The van der Waals surface area contributed by atoms with Crippen LogP contribution in [0.1, 0.15) is 27.9 Å². The van der Waals surface area contributed by atoms with Crippen LogP contribution in [0.3, 0.4) is 0 Å². The topological polar surface area (TPSA) is 67.5 Å². The molecule has 0 aliphatic carbocycles. The van der Waals surface area contributed by atoms with Crippen LogP contribution in [0, 0.1) is 12.7 Å². The molecule has 0 unspecified atom stereocenters. The molecule has 0 spiro atoms. The Morgan fingerprint density at radius 2 is 2.14 bits per heavy atom. The summed E-state index contributed by atoms with van der Waals surface area (Å²) < 4.78 is 26.2. The van der Waals surface area contributed by atoms with E-state index in [0.29, 0.717) is 28.8 Å². The number of nitrogens with zero attached hydrogens (tertiary/aromatic N) is 2. The van der Waals surface area contributed by atoms with Crippen LogP contribution >= 0.6 is 0 Å². The summed E-state index contributed by atoms with van der Waals surface area (Å²) in [4.78, 5) is 22.6.